The summed E-state index contributed by atoms with van der Waals surface area (Å²) < 4.78 is 20.3. The average molecular weight is 469 g/mol. The highest BCUT2D eigenvalue weighted by atomic mass is 35.5. The van der Waals surface area contributed by atoms with Crippen molar-refractivity contribution < 1.29 is 18.7 Å². The fourth-order valence-electron chi connectivity index (χ4n) is 3.28. The number of rotatable bonds is 7. The summed E-state index contributed by atoms with van der Waals surface area (Å²) in [6, 6.07) is 19.2. The highest BCUT2D eigenvalue weighted by Gasteiger charge is 2.12. The predicted octanol–water partition coefficient (Wildman–Crippen LogP) is 5.15. The molecule has 32 heavy (non-hydrogen) atoms. The Morgan fingerprint density at radius 1 is 1.06 bits per heavy atom. The maximum atomic E-state index is 13.5. The number of carbonyl (C=O) groups excluding carboxylic acids is 2. The van der Waals surface area contributed by atoms with Gasteiger partial charge in [0.2, 0.25) is 5.91 Å². The van der Waals surface area contributed by atoms with Crippen LogP contribution in [0.4, 0.5) is 4.39 Å². The minimum Gasteiger partial charge on any atom is -0.488 e. The molecule has 0 saturated heterocycles. The van der Waals surface area contributed by atoms with Gasteiger partial charge in [0.25, 0.3) is 5.91 Å². The second kappa shape index (κ2) is 9.38. The number of halogens is 2. The first-order valence-corrected chi connectivity index (χ1v) is 10.9. The highest BCUT2D eigenvalue weighted by molar-refractivity contribution is 7.19. The average Bonchev–Trinajstić information content (AvgIpc) is 3.18. The van der Waals surface area contributed by atoms with Gasteiger partial charge >= 0.3 is 0 Å². The molecule has 0 bridgehead atoms. The number of amides is 2. The second-order valence-electron chi connectivity index (χ2n) is 7.06. The number of nitrogens with two attached hydrogens (primary N) is 1. The van der Waals surface area contributed by atoms with E-state index >= 15 is 0 Å². The third-order valence-electron chi connectivity index (χ3n) is 4.67. The van der Waals surface area contributed by atoms with Crippen molar-refractivity contribution in [3.05, 3.63) is 88.0 Å². The standard InChI is InChI=1S/C24H18ClFN2O3S/c25-17-9-18(26)11-19(10-17)31-13-20-8-15-4-2-6-21(23(15)32-20)14-3-1-5-16(7-14)24(30)28-12-22(27)29/h1-11H,12-13H2,(H2,27,29)(H,28,30). The summed E-state index contributed by atoms with van der Waals surface area (Å²) >= 11 is 7.45. The number of primary amides is 1. The molecule has 8 heteroatoms. The molecule has 1 heterocycles. The van der Waals surface area contributed by atoms with Crippen molar-refractivity contribution in [3.63, 3.8) is 0 Å². The zero-order chi connectivity index (χ0) is 22.7. The molecular formula is C24H18ClFN2O3S. The first-order chi connectivity index (χ1) is 15.4. The monoisotopic (exact) mass is 468 g/mol. The first kappa shape index (κ1) is 21.8. The number of thiophene rings is 1. The van der Waals surface area contributed by atoms with Crippen LogP contribution >= 0.6 is 22.9 Å². The number of ether oxygens (including phenoxy) is 1. The third kappa shape index (κ3) is 5.07. The fourth-order valence-corrected chi connectivity index (χ4v) is 4.60. The SMILES string of the molecule is NC(=O)CNC(=O)c1cccc(-c2cccc3cc(COc4cc(F)cc(Cl)c4)sc23)c1. The van der Waals surface area contributed by atoms with Crippen molar-refractivity contribution in [3.8, 4) is 16.9 Å². The van der Waals surface area contributed by atoms with Crippen LogP contribution in [0.1, 0.15) is 15.2 Å². The molecule has 0 aliphatic heterocycles. The van der Waals surface area contributed by atoms with Crippen molar-refractivity contribution in [1.29, 1.82) is 0 Å². The number of fused-ring (bicyclic) bond motifs is 1. The second-order valence-corrected chi connectivity index (χ2v) is 8.63. The Hall–Kier alpha value is -3.42. The van der Waals surface area contributed by atoms with Crippen LogP contribution < -0.4 is 15.8 Å². The lowest BCUT2D eigenvalue weighted by molar-refractivity contribution is -0.117. The molecular weight excluding hydrogens is 451 g/mol. The lowest BCUT2D eigenvalue weighted by atomic mass is 10.0. The van der Waals surface area contributed by atoms with Crippen molar-refractivity contribution in [2.45, 2.75) is 6.61 Å². The third-order valence-corrected chi connectivity index (χ3v) is 6.05. The lowest BCUT2D eigenvalue weighted by Crippen LogP contribution is -2.33. The van der Waals surface area contributed by atoms with E-state index in [-0.39, 0.29) is 24.1 Å². The van der Waals surface area contributed by atoms with E-state index in [1.165, 1.54) is 12.1 Å². The summed E-state index contributed by atoms with van der Waals surface area (Å²) in [5, 5.41) is 3.81. The Morgan fingerprint density at radius 2 is 1.88 bits per heavy atom. The molecule has 2 amide bonds. The molecule has 0 saturated carbocycles. The van der Waals surface area contributed by atoms with E-state index in [1.54, 1.807) is 35.6 Å². The minimum absolute atomic E-state index is 0.219. The Labute approximate surface area is 192 Å². The van der Waals surface area contributed by atoms with E-state index < -0.39 is 11.7 Å². The molecule has 3 N–H and O–H groups in total. The summed E-state index contributed by atoms with van der Waals surface area (Å²) in [5.74, 6) is -1.06. The van der Waals surface area contributed by atoms with Gasteiger partial charge in [-0.15, -0.1) is 11.3 Å². The zero-order valence-corrected chi connectivity index (χ0v) is 18.3. The molecule has 0 radical (unpaired) electrons. The number of carbonyl (C=O) groups is 2. The molecule has 5 nitrogen and oxygen atoms in total. The molecule has 0 atom stereocenters. The van der Waals surface area contributed by atoms with Gasteiger partial charge in [-0.25, -0.2) is 4.39 Å². The molecule has 1 aromatic heterocycles. The Balaban J connectivity index is 1.59. The molecule has 3 aromatic carbocycles. The van der Waals surface area contributed by atoms with Crippen molar-refractivity contribution in [2.24, 2.45) is 5.73 Å². The van der Waals surface area contributed by atoms with E-state index in [1.807, 2.05) is 30.3 Å². The molecule has 4 aromatic rings. The Bertz CT molecular complexity index is 1300. The quantitative estimate of drug-likeness (QED) is 0.393. The van der Waals surface area contributed by atoms with E-state index in [2.05, 4.69) is 5.32 Å². The highest BCUT2D eigenvalue weighted by Crippen LogP contribution is 2.36. The van der Waals surface area contributed by atoms with Gasteiger partial charge in [0.05, 0.1) is 6.54 Å². The van der Waals surface area contributed by atoms with Crippen LogP contribution in [0, 0.1) is 5.82 Å². The molecule has 0 spiro atoms. The van der Waals surface area contributed by atoms with Crippen LogP contribution in [-0.4, -0.2) is 18.4 Å². The first-order valence-electron chi connectivity index (χ1n) is 9.66. The molecule has 0 aliphatic rings. The zero-order valence-electron chi connectivity index (χ0n) is 16.7. The fraction of sp³-hybridized carbons (Fsp3) is 0.0833. The Morgan fingerprint density at radius 3 is 2.66 bits per heavy atom. The van der Waals surface area contributed by atoms with E-state index in [9.17, 15) is 14.0 Å². The topological polar surface area (TPSA) is 81.4 Å². The molecule has 0 fully saturated rings. The molecule has 0 unspecified atom stereocenters. The van der Waals surface area contributed by atoms with Crippen LogP contribution in [0.5, 0.6) is 5.75 Å². The maximum absolute atomic E-state index is 13.5. The lowest BCUT2D eigenvalue weighted by Gasteiger charge is -2.07. The van der Waals surface area contributed by atoms with Gasteiger partial charge < -0.3 is 15.8 Å². The predicted molar refractivity (Wildman–Crippen MR) is 125 cm³/mol. The van der Waals surface area contributed by atoms with Crippen LogP contribution in [0.3, 0.4) is 0 Å². The van der Waals surface area contributed by atoms with Crippen LogP contribution in [0.2, 0.25) is 5.02 Å². The summed E-state index contributed by atoms with van der Waals surface area (Å²) in [6.07, 6.45) is 0. The summed E-state index contributed by atoms with van der Waals surface area (Å²) in [5.41, 5.74) is 7.37. The molecule has 162 valence electrons. The van der Waals surface area contributed by atoms with Crippen LogP contribution in [0.15, 0.2) is 66.7 Å². The van der Waals surface area contributed by atoms with Gasteiger partial charge in [0.15, 0.2) is 0 Å². The largest absolute Gasteiger partial charge is 0.488 e. The van der Waals surface area contributed by atoms with Crippen LogP contribution in [0.25, 0.3) is 21.2 Å². The minimum atomic E-state index is -0.604. The number of hydrogen-bond acceptors (Lipinski definition) is 4. The van der Waals surface area contributed by atoms with Crippen molar-refractivity contribution in [1.82, 2.24) is 5.32 Å². The van der Waals surface area contributed by atoms with E-state index in [0.29, 0.717) is 11.3 Å². The normalized spacial score (nSPS) is 10.8. The van der Waals surface area contributed by atoms with Gasteiger partial charge in [0.1, 0.15) is 18.2 Å². The van der Waals surface area contributed by atoms with Crippen molar-refractivity contribution in [2.75, 3.05) is 6.54 Å². The van der Waals surface area contributed by atoms with Gasteiger partial charge in [-0.1, -0.05) is 41.9 Å². The molecule has 4 rings (SSSR count). The van der Waals surface area contributed by atoms with Gasteiger partial charge in [-0.2, -0.15) is 0 Å². The van der Waals surface area contributed by atoms with E-state index in [0.717, 1.165) is 26.1 Å². The van der Waals surface area contributed by atoms with Gasteiger partial charge in [-0.05, 0) is 46.8 Å². The number of nitrogens with one attached hydrogen (secondary N) is 1. The maximum Gasteiger partial charge on any atom is 0.251 e. The number of benzene rings is 3. The van der Waals surface area contributed by atoms with Crippen LogP contribution in [-0.2, 0) is 11.4 Å². The van der Waals surface area contributed by atoms with E-state index in [4.69, 9.17) is 22.1 Å². The summed E-state index contributed by atoms with van der Waals surface area (Å²) in [7, 11) is 0. The summed E-state index contributed by atoms with van der Waals surface area (Å²) in [6.45, 7) is 0.0532. The smallest absolute Gasteiger partial charge is 0.251 e. The van der Waals surface area contributed by atoms with Gasteiger partial charge in [0, 0.05) is 26.2 Å². The van der Waals surface area contributed by atoms with Crippen molar-refractivity contribution >= 4 is 44.8 Å². The molecule has 0 aliphatic carbocycles. The number of hydrogen-bond donors (Lipinski definition) is 2. The summed E-state index contributed by atoms with van der Waals surface area (Å²) in [4.78, 5) is 24.2. The Kier molecular flexibility index (Phi) is 6.39. The van der Waals surface area contributed by atoms with Gasteiger partial charge in [-0.3, -0.25) is 9.59 Å².